The fourth-order valence-electron chi connectivity index (χ4n) is 2.34. The molecule has 0 fully saturated rings. The van der Waals surface area contributed by atoms with E-state index in [1.54, 1.807) is 0 Å². The largest absolute Gasteiger partial charge is 0.378 e. The van der Waals surface area contributed by atoms with E-state index in [0.717, 1.165) is 16.9 Å². The maximum Gasteiger partial charge on any atom is 0.162 e. The number of rotatable bonds is 3. The van der Waals surface area contributed by atoms with Crippen molar-refractivity contribution in [3.8, 4) is 12.1 Å². The van der Waals surface area contributed by atoms with Gasteiger partial charge in [0.15, 0.2) is 5.57 Å². The number of hydrogen-bond acceptors (Lipinski definition) is 6. The van der Waals surface area contributed by atoms with Crippen LogP contribution in [0.1, 0.15) is 5.56 Å². The van der Waals surface area contributed by atoms with Crippen molar-refractivity contribution < 1.29 is 0 Å². The molecular weight excluding hydrogens is 342 g/mol. The van der Waals surface area contributed by atoms with Crippen LogP contribution in [0.2, 0.25) is 0 Å². The number of benzene rings is 2. The third-order valence-corrected chi connectivity index (χ3v) is 4.66. The summed E-state index contributed by atoms with van der Waals surface area (Å²) < 4.78 is 0. The fraction of sp³-hybridized carbons (Fsp3) is 0.100. The summed E-state index contributed by atoms with van der Waals surface area (Å²) in [5.41, 5.74) is 3.44. The van der Waals surface area contributed by atoms with E-state index >= 15 is 0 Å². The van der Waals surface area contributed by atoms with Gasteiger partial charge in [0, 0.05) is 25.3 Å². The molecule has 3 rings (SSSR count). The number of thioether (sulfide) groups is 1. The lowest BCUT2D eigenvalue weighted by Crippen LogP contribution is -2.08. The first kappa shape index (κ1) is 17.5. The van der Waals surface area contributed by atoms with E-state index in [1.807, 2.05) is 85.7 Å². The summed E-state index contributed by atoms with van der Waals surface area (Å²) in [6.45, 7) is 0. The van der Waals surface area contributed by atoms with Crippen molar-refractivity contribution in [2.75, 3.05) is 19.0 Å². The molecule has 2 aromatic carbocycles. The Bertz CT molecular complexity index is 971. The van der Waals surface area contributed by atoms with Crippen LogP contribution in [0.15, 0.2) is 75.2 Å². The first-order valence-corrected chi connectivity index (χ1v) is 8.67. The van der Waals surface area contributed by atoms with Crippen molar-refractivity contribution in [3.63, 3.8) is 0 Å². The van der Waals surface area contributed by atoms with E-state index in [0.29, 0.717) is 15.8 Å². The van der Waals surface area contributed by atoms with Crippen LogP contribution in [0.4, 0.5) is 11.4 Å². The highest BCUT2D eigenvalue weighted by Gasteiger charge is 2.25. The first-order valence-electron chi connectivity index (χ1n) is 7.85. The predicted octanol–water partition coefficient (Wildman–Crippen LogP) is 4.28. The number of anilines is 1. The van der Waals surface area contributed by atoms with Crippen molar-refractivity contribution in [1.29, 1.82) is 10.5 Å². The summed E-state index contributed by atoms with van der Waals surface area (Å²) in [7, 11) is 3.96. The molecule has 0 radical (unpaired) electrons. The number of aliphatic imine (C=N–C) groups is 2. The summed E-state index contributed by atoms with van der Waals surface area (Å²) >= 11 is 1.25. The SMILES string of the molecule is CN(C)c1ccc(N=C2SC(=C(C#N)C#N)N=C2c2ccccc2)cc1. The Morgan fingerprint density at radius 2 is 1.65 bits per heavy atom. The lowest BCUT2D eigenvalue weighted by Gasteiger charge is -2.11. The molecule has 126 valence electrons. The normalized spacial score (nSPS) is 14.5. The zero-order valence-corrected chi connectivity index (χ0v) is 15.2. The van der Waals surface area contributed by atoms with Gasteiger partial charge >= 0.3 is 0 Å². The van der Waals surface area contributed by atoms with Crippen molar-refractivity contribution in [2.24, 2.45) is 9.98 Å². The van der Waals surface area contributed by atoms with Gasteiger partial charge in [-0.25, -0.2) is 9.98 Å². The Hall–Kier alpha value is -3.35. The summed E-state index contributed by atoms with van der Waals surface area (Å²) in [6, 6.07) is 21.3. The van der Waals surface area contributed by atoms with Crippen LogP contribution in [0, 0.1) is 22.7 Å². The third-order valence-electron chi connectivity index (χ3n) is 3.69. The summed E-state index contributed by atoms with van der Waals surface area (Å²) in [6.07, 6.45) is 0. The average molecular weight is 357 g/mol. The average Bonchev–Trinajstić information content (AvgIpc) is 3.07. The van der Waals surface area contributed by atoms with E-state index in [4.69, 9.17) is 15.5 Å². The van der Waals surface area contributed by atoms with E-state index in [2.05, 4.69) is 4.99 Å². The molecule has 1 aliphatic heterocycles. The standard InChI is InChI=1S/C20H15N5S/c1-25(2)17-10-8-16(9-11-17)23-20-18(14-6-4-3-5-7-14)24-19(26-20)15(12-21)13-22/h3-11H,1-2H3. The number of allylic oxidation sites excluding steroid dienone is 1. The van der Waals surface area contributed by atoms with Crippen LogP contribution >= 0.6 is 11.8 Å². The van der Waals surface area contributed by atoms with Gasteiger partial charge in [0.1, 0.15) is 27.9 Å². The molecule has 0 amide bonds. The molecule has 2 aromatic rings. The van der Waals surface area contributed by atoms with Gasteiger partial charge in [0.2, 0.25) is 0 Å². The Labute approximate surface area is 156 Å². The highest BCUT2D eigenvalue weighted by Crippen LogP contribution is 2.34. The molecule has 0 aliphatic carbocycles. The second-order valence-electron chi connectivity index (χ2n) is 5.66. The fourth-order valence-corrected chi connectivity index (χ4v) is 3.27. The molecule has 0 spiro atoms. The Balaban J connectivity index is 2.05. The zero-order valence-electron chi connectivity index (χ0n) is 14.3. The zero-order chi connectivity index (χ0) is 18.5. The number of hydrogen-bond donors (Lipinski definition) is 0. The van der Waals surface area contributed by atoms with E-state index in [9.17, 15) is 0 Å². The molecule has 0 N–H and O–H groups in total. The molecule has 1 aliphatic rings. The van der Waals surface area contributed by atoms with E-state index < -0.39 is 0 Å². The van der Waals surface area contributed by atoms with Gasteiger partial charge in [-0.15, -0.1) is 0 Å². The number of nitrogens with zero attached hydrogens (tertiary/aromatic N) is 5. The molecule has 1 heterocycles. The lowest BCUT2D eigenvalue weighted by atomic mass is 10.1. The molecule has 0 bridgehead atoms. The summed E-state index contributed by atoms with van der Waals surface area (Å²) in [4.78, 5) is 11.2. The van der Waals surface area contributed by atoms with Gasteiger partial charge in [-0.1, -0.05) is 30.3 Å². The van der Waals surface area contributed by atoms with Crippen LogP contribution in [-0.2, 0) is 0 Å². The second-order valence-corrected chi connectivity index (χ2v) is 6.64. The van der Waals surface area contributed by atoms with Crippen molar-refractivity contribution in [2.45, 2.75) is 0 Å². The topological polar surface area (TPSA) is 75.5 Å². The third kappa shape index (κ3) is 3.66. The van der Waals surface area contributed by atoms with Crippen LogP contribution in [-0.4, -0.2) is 24.9 Å². The van der Waals surface area contributed by atoms with Crippen molar-refractivity contribution >= 4 is 33.9 Å². The predicted molar refractivity (Wildman–Crippen MR) is 107 cm³/mol. The van der Waals surface area contributed by atoms with Gasteiger partial charge in [0.05, 0.1) is 5.69 Å². The molecule has 0 atom stereocenters. The molecule has 0 aromatic heterocycles. The van der Waals surface area contributed by atoms with Crippen LogP contribution < -0.4 is 4.90 Å². The van der Waals surface area contributed by atoms with Gasteiger partial charge in [-0.05, 0) is 36.0 Å². The molecule has 6 heteroatoms. The smallest absolute Gasteiger partial charge is 0.162 e. The monoisotopic (exact) mass is 357 g/mol. The minimum Gasteiger partial charge on any atom is -0.378 e. The molecule has 0 saturated heterocycles. The molecule has 5 nitrogen and oxygen atoms in total. The summed E-state index contributed by atoms with van der Waals surface area (Å²) in [5, 5.41) is 19.3. The maximum absolute atomic E-state index is 9.14. The minimum absolute atomic E-state index is 0.00316. The highest BCUT2D eigenvalue weighted by atomic mass is 32.2. The molecule has 26 heavy (non-hydrogen) atoms. The van der Waals surface area contributed by atoms with Crippen LogP contribution in [0.3, 0.4) is 0 Å². The van der Waals surface area contributed by atoms with Gasteiger partial charge < -0.3 is 4.90 Å². The molecule has 0 saturated carbocycles. The quantitative estimate of drug-likeness (QED) is 0.769. The Morgan fingerprint density at radius 3 is 2.23 bits per heavy atom. The lowest BCUT2D eigenvalue weighted by molar-refractivity contribution is 1.13. The van der Waals surface area contributed by atoms with Crippen molar-refractivity contribution in [3.05, 3.63) is 70.8 Å². The van der Waals surface area contributed by atoms with E-state index in [1.165, 1.54) is 11.8 Å². The van der Waals surface area contributed by atoms with Gasteiger partial charge in [-0.3, -0.25) is 0 Å². The Kier molecular flexibility index (Phi) is 5.17. The van der Waals surface area contributed by atoms with Crippen LogP contribution in [0.25, 0.3) is 0 Å². The van der Waals surface area contributed by atoms with Crippen LogP contribution in [0.5, 0.6) is 0 Å². The van der Waals surface area contributed by atoms with Gasteiger partial charge in [0.25, 0.3) is 0 Å². The molecule has 0 unspecified atom stereocenters. The highest BCUT2D eigenvalue weighted by molar-refractivity contribution is 8.19. The van der Waals surface area contributed by atoms with Crippen molar-refractivity contribution in [1.82, 2.24) is 0 Å². The van der Waals surface area contributed by atoms with Gasteiger partial charge in [-0.2, -0.15) is 10.5 Å². The minimum atomic E-state index is -0.00316. The first-order chi connectivity index (χ1) is 12.6. The Morgan fingerprint density at radius 1 is 1.00 bits per heavy atom. The number of nitriles is 2. The maximum atomic E-state index is 9.14. The second kappa shape index (κ2) is 7.69. The van der Waals surface area contributed by atoms with E-state index in [-0.39, 0.29) is 5.57 Å². The summed E-state index contributed by atoms with van der Waals surface area (Å²) in [5.74, 6) is 0. The molecular formula is C20H15N5S.